The Labute approximate surface area is 128 Å². The number of hydrogen-bond acceptors (Lipinski definition) is 3. The maximum atomic E-state index is 12.0. The SMILES string of the molecule is CC(C)COCCCNC1C(=O)Nc2cccc(Br)c21. The van der Waals surface area contributed by atoms with E-state index in [9.17, 15) is 4.79 Å². The number of fused-ring (bicyclic) bond motifs is 1. The van der Waals surface area contributed by atoms with Crippen molar-refractivity contribution < 1.29 is 9.53 Å². The fourth-order valence-corrected chi connectivity index (χ4v) is 2.80. The Balaban J connectivity index is 1.81. The standard InChI is InChI=1S/C15H21BrN2O2/c1-10(2)9-20-8-4-7-17-14-13-11(16)5-3-6-12(13)18-15(14)19/h3,5-6,10,14,17H,4,7-9H2,1-2H3,(H,18,19). The number of rotatable bonds is 7. The van der Waals surface area contributed by atoms with Gasteiger partial charge in [0.05, 0.1) is 0 Å². The van der Waals surface area contributed by atoms with Crippen molar-refractivity contribution in [2.75, 3.05) is 25.1 Å². The summed E-state index contributed by atoms with van der Waals surface area (Å²) in [6, 6.07) is 5.53. The summed E-state index contributed by atoms with van der Waals surface area (Å²) in [7, 11) is 0. The zero-order valence-corrected chi connectivity index (χ0v) is 13.5. The molecule has 1 heterocycles. The Morgan fingerprint density at radius 1 is 1.45 bits per heavy atom. The highest BCUT2D eigenvalue weighted by Gasteiger charge is 2.31. The predicted octanol–water partition coefficient (Wildman–Crippen LogP) is 3.09. The number of hydrogen-bond donors (Lipinski definition) is 2. The third-order valence-electron chi connectivity index (χ3n) is 3.13. The molecule has 0 saturated heterocycles. The van der Waals surface area contributed by atoms with Crippen LogP contribution in [0.1, 0.15) is 31.9 Å². The van der Waals surface area contributed by atoms with E-state index in [0.717, 1.165) is 41.9 Å². The van der Waals surface area contributed by atoms with Crippen molar-refractivity contribution in [3.8, 4) is 0 Å². The van der Waals surface area contributed by atoms with Gasteiger partial charge in [-0.05, 0) is 31.0 Å². The molecule has 2 rings (SSSR count). The minimum atomic E-state index is -0.273. The molecule has 1 aliphatic heterocycles. The lowest BCUT2D eigenvalue weighted by atomic mass is 10.1. The second-order valence-electron chi connectivity index (χ2n) is 5.40. The summed E-state index contributed by atoms with van der Waals surface area (Å²) >= 11 is 3.51. The third kappa shape index (κ3) is 3.81. The fourth-order valence-electron chi connectivity index (χ4n) is 2.21. The molecule has 0 aromatic heterocycles. The first-order chi connectivity index (χ1) is 9.59. The number of halogens is 1. The first kappa shape index (κ1) is 15.5. The van der Waals surface area contributed by atoms with Gasteiger partial charge in [0, 0.05) is 28.9 Å². The van der Waals surface area contributed by atoms with Crippen LogP contribution < -0.4 is 10.6 Å². The minimum Gasteiger partial charge on any atom is -0.381 e. The molecule has 1 aromatic rings. The Kier molecular flexibility index (Phi) is 5.57. The molecule has 2 N–H and O–H groups in total. The first-order valence-electron chi connectivity index (χ1n) is 7.00. The lowest BCUT2D eigenvalue weighted by Crippen LogP contribution is -2.29. The molecule has 0 fully saturated rings. The van der Waals surface area contributed by atoms with Crippen LogP contribution in [0.15, 0.2) is 22.7 Å². The van der Waals surface area contributed by atoms with Gasteiger partial charge in [0.25, 0.3) is 0 Å². The van der Waals surface area contributed by atoms with Gasteiger partial charge in [-0.25, -0.2) is 0 Å². The predicted molar refractivity (Wildman–Crippen MR) is 83.8 cm³/mol. The number of nitrogens with one attached hydrogen (secondary N) is 2. The Bertz CT molecular complexity index is 477. The van der Waals surface area contributed by atoms with Gasteiger partial charge in [0.2, 0.25) is 5.91 Å². The fraction of sp³-hybridized carbons (Fsp3) is 0.533. The summed E-state index contributed by atoms with van der Waals surface area (Å²) in [5.74, 6) is 0.571. The van der Waals surface area contributed by atoms with E-state index in [1.165, 1.54) is 0 Å². The number of carbonyl (C=O) groups is 1. The first-order valence-corrected chi connectivity index (χ1v) is 7.79. The molecule has 0 radical (unpaired) electrons. The Morgan fingerprint density at radius 3 is 3.00 bits per heavy atom. The summed E-state index contributed by atoms with van der Waals surface area (Å²) in [4.78, 5) is 12.0. The molecule has 1 amide bonds. The van der Waals surface area contributed by atoms with Crippen molar-refractivity contribution in [2.45, 2.75) is 26.3 Å². The van der Waals surface area contributed by atoms with Gasteiger partial charge >= 0.3 is 0 Å². The summed E-state index contributed by atoms with van der Waals surface area (Å²) in [6.07, 6.45) is 0.899. The highest BCUT2D eigenvalue weighted by atomic mass is 79.9. The van der Waals surface area contributed by atoms with Crippen LogP contribution in [-0.2, 0) is 9.53 Å². The number of ether oxygens (including phenoxy) is 1. The second-order valence-corrected chi connectivity index (χ2v) is 6.25. The van der Waals surface area contributed by atoms with Crippen molar-refractivity contribution in [3.63, 3.8) is 0 Å². The van der Waals surface area contributed by atoms with Crippen LogP contribution in [0.5, 0.6) is 0 Å². The zero-order valence-electron chi connectivity index (χ0n) is 11.9. The van der Waals surface area contributed by atoms with Gasteiger partial charge in [-0.2, -0.15) is 0 Å². The van der Waals surface area contributed by atoms with Gasteiger partial charge < -0.3 is 15.4 Å². The van der Waals surface area contributed by atoms with E-state index >= 15 is 0 Å². The molecule has 1 aromatic carbocycles. The quantitative estimate of drug-likeness (QED) is 0.750. The average Bonchev–Trinajstić information content (AvgIpc) is 2.71. The minimum absolute atomic E-state index is 0.00926. The molecule has 1 atom stereocenters. The smallest absolute Gasteiger partial charge is 0.246 e. The maximum Gasteiger partial charge on any atom is 0.246 e. The van der Waals surface area contributed by atoms with E-state index in [1.807, 2.05) is 18.2 Å². The van der Waals surface area contributed by atoms with Crippen molar-refractivity contribution >= 4 is 27.5 Å². The van der Waals surface area contributed by atoms with Crippen molar-refractivity contribution in [1.82, 2.24) is 5.32 Å². The highest BCUT2D eigenvalue weighted by Crippen LogP contribution is 2.36. The van der Waals surface area contributed by atoms with Crippen LogP contribution in [0.3, 0.4) is 0 Å². The summed E-state index contributed by atoms with van der Waals surface area (Å²) in [5, 5.41) is 6.19. The molecule has 110 valence electrons. The van der Waals surface area contributed by atoms with Gasteiger partial charge in [0.1, 0.15) is 6.04 Å². The van der Waals surface area contributed by atoms with Crippen LogP contribution in [0.4, 0.5) is 5.69 Å². The van der Waals surface area contributed by atoms with E-state index in [2.05, 4.69) is 40.4 Å². The average molecular weight is 341 g/mol. The maximum absolute atomic E-state index is 12.0. The van der Waals surface area contributed by atoms with Crippen LogP contribution >= 0.6 is 15.9 Å². The van der Waals surface area contributed by atoms with E-state index in [4.69, 9.17) is 4.74 Å². The molecule has 4 nitrogen and oxygen atoms in total. The molecule has 20 heavy (non-hydrogen) atoms. The van der Waals surface area contributed by atoms with Crippen LogP contribution in [0, 0.1) is 5.92 Å². The molecular weight excluding hydrogens is 320 g/mol. The summed E-state index contributed by atoms with van der Waals surface area (Å²) < 4.78 is 6.49. The molecule has 1 aliphatic rings. The lowest BCUT2D eigenvalue weighted by molar-refractivity contribution is -0.117. The second kappa shape index (κ2) is 7.20. The highest BCUT2D eigenvalue weighted by molar-refractivity contribution is 9.10. The van der Waals surface area contributed by atoms with Crippen LogP contribution in [0.2, 0.25) is 0 Å². The van der Waals surface area contributed by atoms with E-state index in [-0.39, 0.29) is 11.9 Å². The summed E-state index contributed by atoms with van der Waals surface area (Å²) in [6.45, 7) is 6.54. The van der Waals surface area contributed by atoms with Gasteiger partial charge in [-0.15, -0.1) is 0 Å². The number of benzene rings is 1. The molecule has 0 bridgehead atoms. The monoisotopic (exact) mass is 340 g/mol. The molecule has 0 aliphatic carbocycles. The molecule has 5 heteroatoms. The summed E-state index contributed by atoms with van der Waals surface area (Å²) in [5.41, 5.74) is 1.89. The Hall–Kier alpha value is -0.910. The molecule has 0 spiro atoms. The van der Waals surface area contributed by atoms with E-state index in [1.54, 1.807) is 0 Å². The van der Waals surface area contributed by atoms with Gasteiger partial charge in [-0.3, -0.25) is 4.79 Å². The number of anilines is 1. The molecular formula is C15H21BrN2O2. The number of amides is 1. The van der Waals surface area contributed by atoms with Crippen LogP contribution in [-0.4, -0.2) is 25.7 Å². The lowest BCUT2D eigenvalue weighted by Gasteiger charge is -2.13. The zero-order chi connectivity index (χ0) is 14.5. The van der Waals surface area contributed by atoms with E-state index < -0.39 is 0 Å². The van der Waals surface area contributed by atoms with Crippen molar-refractivity contribution in [2.24, 2.45) is 5.92 Å². The molecule has 1 unspecified atom stereocenters. The molecule has 0 saturated carbocycles. The third-order valence-corrected chi connectivity index (χ3v) is 3.82. The normalized spacial score (nSPS) is 17.4. The number of carbonyl (C=O) groups excluding carboxylic acids is 1. The van der Waals surface area contributed by atoms with Crippen molar-refractivity contribution in [3.05, 3.63) is 28.2 Å². The van der Waals surface area contributed by atoms with E-state index in [0.29, 0.717) is 5.92 Å². The van der Waals surface area contributed by atoms with Gasteiger partial charge in [-0.1, -0.05) is 35.8 Å². The van der Waals surface area contributed by atoms with Crippen LogP contribution in [0.25, 0.3) is 0 Å². The largest absolute Gasteiger partial charge is 0.381 e. The van der Waals surface area contributed by atoms with Gasteiger partial charge in [0.15, 0.2) is 0 Å². The Morgan fingerprint density at radius 2 is 2.25 bits per heavy atom. The van der Waals surface area contributed by atoms with Crippen molar-refractivity contribution in [1.29, 1.82) is 0 Å². The topological polar surface area (TPSA) is 50.4 Å².